The molecule has 9 nitrogen and oxygen atoms in total. The second kappa shape index (κ2) is 11.8. The molecule has 1 aliphatic heterocycles. The van der Waals surface area contributed by atoms with Gasteiger partial charge in [-0.1, -0.05) is 24.8 Å². The minimum atomic E-state index is -0.820. The fraction of sp³-hybridized carbons (Fsp3) is 0.462. The van der Waals surface area contributed by atoms with Crippen LogP contribution in [-0.4, -0.2) is 86.8 Å². The molecule has 0 spiro atoms. The maximum absolute atomic E-state index is 13.4. The van der Waals surface area contributed by atoms with E-state index in [0.717, 1.165) is 0 Å². The number of ether oxygens (including phenoxy) is 1. The molecule has 186 valence electrons. The molecule has 3 rings (SSSR count). The molecule has 4 atom stereocenters. The molecule has 0 aliphatic carbocycles. The van der Waals surface area contributed by atoms with Gasteiger partial charge in [-0.2, -0.15) is 0 Å². The summed E-state index contributed by atoms with van der Waals surface area (Å²) in [4.78, 5) is 38.0. The number of likely N-dealkylation sites (N-methyl/N-ethyl adjacent to an activating group) is 1. The Balaban J connectivity index is 1.89. The van der Waals surface area contributed by atoms with Crippen LogP contribution in [0.25, 0.3) is 0 Å². The quantitative estimate of drug-likeness (QED) is 0.596. The molecule has 0 unspecified atom stereocenters. The Morgan fingerprint density at radius 2 is 2.11 bits per heavy atom. The predicted molar refractivity (Wildman–Crippen MR) is 130 cm³/mol. The summed E-state index contributed by atoms with van der Waals surface area (Å²) in [5.74, 6) is 5.02. The van der Waals surface area contributed by atoms with Crippen molar-refractivity contribution in [3.8, 4) is 17.7 Å². The van der Waals surface area contributed by atoms with Gasteiger partial charge in [0.15, 0.2) is 0 Å². The monoisotopic (exact) mass is 480 g/mol. The first-order chi connectivity index (χ1) is 16.7. The van der Waals surface area contributed by atoms with Crippen LogP contribution < -0.4 is 4.74 Å². The lowest BCUT2D eigenvalue weighted by atomic mass is 9.99. The van der Waals surface area contributed by atoms with Crippen molar-refractivity contribution >= 4 is 11.8 Å². The highest BCUT2D eigenvalue weighted by atomic mass is 16.5. The molecular weight excluding hydrogens is 448 g/mol. The van der Waals surface area contributed by atoms with E-state index in [0.29, 0.717) is 17.8 Å². The molecule has 0 radical (unpaired) electrons. The maximum Gasteiger partial charge on any atom is 0.259 e. The third kappa shape index (κ3) is 6.78. The van der Waals surface area contributed by atoms with Crippen molar-refractivity contribution in [3.63, 3.8) is 0 Å². The molecule has 0 saturated heterocycles. The first kappa shape index (κ1) is 26.1. The molecule has 0 bridgehead atoms. The van der Waals surface area contributed by atoms with E-state index in [1.807, 2.05) is 13.0 Å². The molecule has 2 aromatic heterocycles. The fourth-order valence-electron chi connectivity index (χ4n) is 3.74. The molecule has 0 fully saturated rings. The molecule has 2 N–H and O–H groups in total. The number of fused-ring (bicyclic) bond motifs is 1. The lowest BCUT2D eigenvalue weighted by Crippen LogP contribution is -2.50. The van der Waals surface area contributed by atoms with Crippen LogP contribution >= 0.6 is 0 Å². The van der Waals surface area contributed by atoms with Crippen LogP contribution in [0.2, 0.25) is 0 Å². The van der Waals surface area contributed by atoms with Gasteiger partial charge < -0.3 is 24.7 Å². The highest BCUT2D eigenvalue weighted by molar-refractivity contribution is 5.97. The average molecular weight is 481 g/mol. The Morgan fingerprint density at radius 3 is 2.77 bits per heavy atom. The molecular formula is C26H32N4O5. The molecule has 1 aliphatic rings. The van der Waals surface area contributed by atoms with Gasteiger partial charge in [0.05, 0.1) is 25.6 Å². The highest BCUT2D eigenvalue weighted by Crippen LogP contribution is 2.27. The van der Waals surface area contributed by atoms with Crippen LogP contribution in [-0.2, 0) is 11.2 Å². The van der Waals surface area contributed by atoms with E-state index in [-0.39, 0.29) is 48.7 Å². The van der Waals surface area contributed by atoms with Crippen molar-refractivity contribution < 1.29 is 24.5 Å². The van der Waals surface area contributed by atoms with Crippen LogP contribution in [0, 0.1) is 17.8 Å². The SMILES string of the molecule is C[C@@H]1CN([C@@H](C)CO)C(=O)c2cc(C#C[C@@H](C)O)cnc2O[C@@H]1CN(C)C(=O)Cc1ccccn1. The normalized spacial score (nSPS) is 19.3. The molecule has 2 amide bonds. The number of nitrogens with zero attached hydrogens (tertiary/aromatic N) is 4. The summed E-state index contributed by atoms with van der Waals surface area (Å²) in [6.07, 6.45) is 2.04. The largest absolute Gasteiger partial charge is 0.472 e. The standard InChI is InChI=1S/C26H32N4O5/c1-17-14-30(18(2)16-31)26(34)22-11-20(9-8-19(3)32)13-28-25(22)35-23(17)15-29(4)24(33)12-21-7-5-6-10-27-21/h5-7,10-11,13,17-19,23,31-32H,12,14-16H2,1-4H3/t17-,18+,19-,23-/m1/s1. The fourth-order valence-corrected chi connectivity index (χ4v) is 3.74. The van der Waals surface area contributed by atoms with Crippen LogP contribution in [0.3, 0.4) is 0 Å². The molecule has 9 heteroatoms. The second-order valence-corrected chi connectivity index (χ2v) is 8.92. The van der Waals surface area contributed by atoms with E-state index in [1.54, 1.807) is 55.1 Å². The summed E-state index contributed by atoms with van der Waals surface area (Å²) < 4.78 is 6.20. The minimum Gasteiger partial charge on any atom is -0.472 e. The summed E-state index contributed by atoms with van der Waals surface area (Å²) >= 11 is 0. The van der Waals surface area contributed by atoms with E-state index < -0.39 is 18.2 Å². The van der Waals surface area contributed by atoms with E-state index >= 15 is 0 Å². The zero-order valence-electron chi connectivity index (χ0n) is 20.5. The van der Waals surface area contributed by atoms with Crippen LogP contribution in [0.15, 0.2) is 36.7 Å². The summed E-state index contributed by atoms with van der Waals surface area (Å²) in [7, 11) is 1.71. The van der Waals surface area contributed by atoms with Gasteiger partial charge in [0, 0.05) is 43.2 Å². The Morgan fingerprint density at radius 1 is 1.34 bits per heavy atom. The van der Waals surface area contributed by atoms with Gasteiger partial charge in [-0.05, 0) is 32.0 Å². The summed E-state index contributed by atoms with van der Waals surface area (Å²) in [5.41, 5.74) is 1.37. The molecule has 3 heterocycles. The summed E-state index contributed by atoms with van der Waals surface area (Å²) in [6, 6.07) is 6.60. The predicted octanol–water partition coefficient (Wildman–Crippen LogP) is 1.13. The molecule has 0 aromatic carbocycles. The number of aromatic nitrogens is 2. The zero-order chi connectivity index (χ0) is 25.5. The number of aliphatic hydroxyl groups is 2. The molecule has 2 aromatic rings. The lowest BCUT2D eigenvalue weighted by molar-refractivity contribution is -0.130. The van der Waals surface area contributed by atoms with Gasteiger partial charge in [0.2, 0.25) is 11.8 Å². The van der Waals surface area contributed by atoms with Crippen LogP contribution in [0.4, 0.5) is 0 Å². The van der Waals surface area contributed by atoms with Crippen molar-refractivity contribution in [3.05, 3.63) is 53.5 Å². The zero-order valence-corrected chi connectivity index (χ0v) is 20.5. The summed E-state index contributed by atoms with van der Waals surface area (Å²) in [5, 5.41) is 19.2. The molecule has 0 saturated carbocycles. The molecule has 35 heavy (non-hydrogen) atoms. The summed E-state index contributed by atoms with van der Waals surface area (Å²) in [6.45, 7) is 5.68. The number of rotatable bonds is 6. The smallest absolute Gasteiger partial charge is 0.259 e. The van der Waals surface area contributed by atoms with Crippen molar-refractivity contribution in [2.75, 3.05) is 26.7 Å². The topological polar surface area (TPSA) is 116 Å². The van der Waals surface area contributed by atoms with Crippen molar-refractivity contribution in [2.24, 2.45) is 5.92 Å². The number of aliphatic hydroxyl groups excluding tert-OH is 2. The first-order valence-electron chi connectivity index (χ1n) is 11.6. The van der Waals surface area contributed by atoms with Gasteiger partial charge in [-0.25, -0.2) is 4.98 Å². The number of amides is 2. The van der Waals surface area contributed by atoms with Crippen molar-refractivity contribution in [1.29, 1.82) is 0 Å². The van der Waals surface area contributed by atoms with Gasteiger partial charge in [-0.3, -0.25) is 14.6 Å². The Hall–Kier alpha value is -3.48. The van der Waals surface area contributed by atoms with Gasteiger partial charge in [0.25, 0.3) is 5.91 Å². The second-order valence-electron chi connectivity index (χ2n) is 8.92. The number of hydrogen-bond acceptors (Lipinski definition) is 7. The average Bonchev–Trinajstić information content (AvgIpc) is 2.84. The third-order valence-corrected chi connectivity index (χ3v) is 5.88. The van der Waals surface area contributed by atoms with Gasteiger partial charge in [-0.15, -0.1) is 0 Å². The lowest BCUT2D eigenvalue weighted by Gasteiger charge is -2.37. The number of carbonyl (C=O) groups is 2. The number of carbonyl (C=O) groups excluding carboxylic acids is 2. The van der Waals surface area contributed by atoms with Crippen molar-refractivity contribution in [2.45, 2.75) is 45.4 Å². The Kier molecular flexibility index (Phi) is 8.79. The van der Waals surface area contributed by atoms with Crippen molar-refractivity contribution in [1.82, 2.24) is 19.8 Å². The minimum absolute atomic E-state index is 0.102. The first-order valence-corrected chi connectivity index (χ1v) is 11.6. The van der Waals surface area contributed by atoms with E-state index in [9.17, 15) is 19.8 Å². The van der Waals surface area contributed by atoms with Gasteiger partial charge >= 0.3 is 0 Å². The van der Waals surface area contributed by atoms with Gasteiger partial charge in [0.1, 0.15) is 17.8 Å². The van der Waals surface area contributed by atoms with E-state index in [1.165, 1.54) is 6.20 Å². The number of pyridine rings is 2. The van der Waals surface area contributed by atoms with E-state index in [2.05, 4.69) is 21.8 Å². The van der Waals surface area contributed by atoms with E-state index in [4.69, 9.17) is 4.74 Å². The van der Waals surface area contributed by atoms with Crippen LogP contribution in [0.5, 0.6) is 5.88 Å². The highest BCUT2D eigenvalue weighted by Gasteiger charge is 2.34. The Labute approximate surface area is 205 Å². The third-order valence-electron chi connectivity index (χ3n) is 5.88. The number of hydrogen-bond donors (Lipinski definition) is 2. The maximum atomic E-state index is 13.4. The Bertz CT molecular complexity index is 1100. The van der Waals surface area contributed by atoms with Crippen LogP contribution in [0.1, 0.15) is 42.4 Å².